The van der Waals surface area contributed by atoms with E-state index in [2.05, 4.69) is 5.32 Å². The number of nitrogens with one attached hydrogen (secondary N) is 1. The molecule has 0 radical (unpaired) electrons. The summed E-state index contributed by atoms with van der Waals surface area (Å²) >= 11 is 6.29. The summed E-state index contributed by atoms with van der Waals surface area (Å²) in [6, 6.07) is 15.2. The second-order valence-electron chi connectivity index (χ2n) is 8.19. The maximum Gasteiger partial charge on any atom is 0.243 e. The van der Waals surface area contributed by atoms with Crippen molar-refractivity contribution in [2.24, 2.45) is 0 Å². The molecular formula is C25H31ClN2O2. The molecule has 160 valence electrons. The van der Waals surface area contributed by atoms with Crippen molar-refractivity contribution in [3.8, 4) is 0 Å². The highest BCUT2D eigenvalue weighted by atomic mass is 35.5. The minimum atomic E-state index is -0.498. The van der Waals surface area contributed by atoms with Crippen LogP contribution in [0.5, 0.6) is 0 Å². The second kappa shape index (κ2) is 10.6. The van der Waals surface area contributed by atoms with E-state index in [1.807, 2.05) is 56.3 Å². The van der Waals surface area contributed by atoms with E-state index in [1.165, 1.54) is 5.56 Å². The smallest absolute Gasteiger partial charge is 0.243 e. The Morgan fingerprint density at radius 2 is 1.77 bits per heavy atom. The molecule has 0 unspecified atom stereocenters. The van der Waals surface area contributed by atoms with Crippen LogP contribution in [0.2, 0.25) is 5.02 Å². The minimum absolute atomic E-state index is 0.0518. The molecule has 1 fully saturated rings. The Kier molecular flexibility index (Phi) is 7.92. The van der Waals surface area contributed by atoms with E-state index >= 15 is 0 Å². The van der Waals surface area contributed by atoms with Gasteiger partial charge in [0.25, 0.3) is 0 Å². The molecule has 0 saturated heterocycles. The molecule has 2 aromatic rings. The highest BCUT2D eigenvalue weighted by molar-refractivity contribution is 6.31. The SMILES string of the molecule is CC[C@@H](C(=O)NC1CCCC1)N(Cc1ccc(C)cc1)C(=O)Cc1ccccc1Cl. The van der Waals surface area contributed by atoms with Crippen LogP contribution < -0.4 is 5.32 Å². The first-order valence-corrected chi connectivity index (χ1v) is 11.2. The summed E-state index contributed by atoms with van der Waals surface area (Å²) in [5.41, 5.74) is 2.96. The third-order valence-corrected chi connectivity index (χ3v) is 6.23. The molecule has 0 heterocycles. The van der Waals surface area contributed by atoms with Gasteiger partial charge in [-0.3, -0.25) is 9.59 Å². The summed E-state index contributed by atoms with van der Waals surface area (Å²) in [6.07, 6.45) is 5.10. The Hall–Kier alpha value is -2.33. The van der Waals surface area contributed by atoms with Crippen molar-refractivity contribution >= 4 is 23.4 Å². The molecule has 0 spiro atoms. The Labute approximate surface area is 184 Å². The Morgan fingerprint density at radius 1 is 1.10 bits per heavy atom. The fourth-order valence-corrected chi connectivity index (χ4v) is 4.29. The molecule has 30 heavy (non-hydrogen) atoms. The molecule has 4 nitrogen and oxygen atoms in total. The Bertz CT molecular complexity index is 860. The number of halogens is 1. The molecule has 1 atom stereocenters. The number of rotatable bonds is 8. The maximum absolute atomic E-state index is 13.4. The largest absolute Gasteiger partial charge is 0.352 e. The summed E-state index contributed by atoms with van der Waals surface area (Å²) in [7, 11) is 0. The number of aryl methyl sites for hydroxylation is 1. The van der Waals surface area contributed by atoms with Crippen molar-refractivity contribution in [3.05, 3.63) is 70.2 Å². The van der Waals surface area contributed by atoms with Gasteiger partial charge in [0.1, 0.15) is 6.04 Å². The second-order valence-corrected chi connectivity index (χ2v) is 8.60. The van der Waals surface area contributed by atoms with Crippen LogP contribution in [0.3, 0.4) is 0 Å². The van der Waals surface area contributed by atoms with Crippen molar-refractivity contribution < 1.29 is 9.59 Å². The molecule has 1 saturated carbocycles. The number of hydrogen-bond acceptors (Lipinski definition) is 2. The first kappa shape index (κ1) is 22.4. The van der Waals surface area contributed by atoms with E-state index in [1.54, 1.807) is 11.0 Å². The number of hydrogen-bond donors (Lipinski definition) is 1. The Balaban J connectivity index is 1.82. The van der Waals surface area contributed by atoms with E-state index in [0.29, 0.717) is 18.0 Å². The average Bonchev–Trinajstić information content (AvgIpc) is 3.24. The van der Waals surface area contributed by atoms with Gasteiger partial charge in [-0.1, -0.05) is 79.4 Å². The number of amides is 2. The van der Waals surface area contributed by atoms with Gasteiger partial charge in [0, 0.05) is 17.6 Å². The van der Waals surface area contributed by atoms with Crippen LogP contribution in [0.4, 0.5) is 0 Å². The minimum Gasteiger partial charge on any atom is -0.352 e. The van der Waals surface area contributed by atoms with E-state index in [9.17, 15) is 9.59 Å². The van der Waals surface area contributed by atoms with Gasteiger partial charge in [0.05, 0.1) is 6.42 Å². The van der Waals surface area contributed by atoms with Gasteiger partial charge in [-0.2, -0.15) is 0 Å². The van der Waals surface area contributed by atoms with Crippen molar-refractivity contribution in [3.63, 3.8) is 0 Å². The molecule has 3 rings (SSSR count). The first-order valence-electron chi connectivity index (χ1n) is 10.9. The van der Waals surface area contributed by atoms with Gasteiger partial charge in [0.2, 0.25) is 11.8 Å². The quantitative estimate of drug-likeness (QED) is 0.641. The normalized spacial score (nSPS) is 15.0. The van der Waals surface area contributed by atoms with Crippen LogP contribution in [-0.4, -0.2) is 28.8 Å². The van der Waals surface area contributed by atoms with Crippen molar-refractivity contribution in [1.29, 1.82) is 0 Å². The molecule has 0 aliphatic heterocycles. The van der Waals surface area contributed by atoms with Crippen LogP contribution in [0.1, 0.15) is 55.7 Å². The predicted molar refractivity (Wildman–Crippen MR) is 121 cm³/mol. The number of carbonyl (C=O) groups is 2. The molecule has 2 amide bonds. The lowest BCUT2D eigenvalue weighted by Crippen LogP contribution is -2.51. The van der Waals surface area contributed by atoms with Gasteiger partial charge < -0.3 is 10.2 Å². The molecule has 5 heteroatoms. The summed E-state index contributed by atoms with van der Waals surface area (Å²) < 4.78 is 0. The van der Waals surface area contributed by atoms with E-state index < -0.39 is 6.04 Å². The van der Waals surface area contributed by atoms with Crippen LogP contribution in [0.15, 0.2) is 48.5 Å². The van der Waals surface area contributed by atoms with E-state index in [4.69, 9.17) is 11.6 Å². The monoisotopic (exact) mass is 426 g/mol. The van der Waals surface area contributed by atoms with Gasteiger partial charge >= 0.3 is 0 Å². The summed E-state index contributed by atoms with van der Waals surface area (Å²) in [4.78, 5) is 28.2. The van der Waals surface area contributed by atoms with Gasteiger partial charge in [0.15, 0.2) is 0 Å². The predicted octanol–water partition coefficient (Wildman–Crippen LogP) is 5.06. The van der Waals surface area contributed by atoms with E-state index in [-0.39, 0.29) is 24.3 Å². The first-order chi connectivity index (χ1) is 14.5. The van der Waals surface area contributed by atoms with E-state index in [0.717, 1.165) is 36.8 Å². The van der Waals surface area contributed by atoms with Crippen LogP contribution >= 0.6 is 11.6 Å². The lowest BCUT2D eigenvalue weighted by atomic mass is 10.1. The average molecular weight is 427 g/mol. The van der Waals surface area contributed by atoms with Crippen LogP contribution in [0.25, 0.3) is 0 Å². The maximum atomic E-state index is 13.4. The van der Waals surface area contributed by atoms with Gasteiger partial charge in [-0.05, 0) is 43.4 Å². The summed E-state index contributed by atoms with van der Waals surface area (Å²) in [6.45, 7) is 4.40. The molecule has 1 aliphatic rings. The highest BCUT2D eigenvalue weighted by Gasteiger charge is 2.30. The fraction of sp³-hybridized carbons (Fsp3) is 0.440. The van der Waals surface area contributed by atoms with Crippen LogP contribution in [0, 0.1) is 6.92 Å². The van der Waals surface area contributed by atoms with Crippen molar-refractivity contribution in [1.82, 2.24) is 10.2 Å². The lowest BCUT2D eigenvalue weighted by Gasteiger charge is -2.31. The topological polar surface area (TPSA) is 49.4 Å². The molecule has 0 bridgehead atoms. The van der Waals surface area contributed by atoms with Crippen LogP contribution in [-0.2, 0) is 22.6 Å². The zero-order chi connectivity index (χ0) is 21.5. The van der Waals surface area contributed by atoms with Crippen molar-refractivity contribution in [2.75, 3.05) is 0 Å². The fourth-order valence-electron chi connectivity index (χ4n) is 4.08. The summed E-state index contributed by atoms with van der Waals surface area (Å²) in [5, 5.41) is 3.75. The third kappa shape index (κ3) is 5.85. The molecule has 1 N–H and O–H groups in total. The lowest BCUT2D eigenvalue weighted by molar-refractivity contribution is -0.141. The Morgan fingerprint density at radius 3 is 2.40 bits per heavy atom. The zero-order valence-corrected chi connectivity index (χ0v) is 18.6. The highest BCUT2D eigenvalue weighted by Crippen LogP contribution is 2.21. The molecular weight excluding hydrogens is 396 g/mol. The molecule has 0 aromatic heterocycles. The van der Waals surface area contributed by atoms with Gasteiger partial charge in [-0.15, -0.1) is 0 Å². The third-order valence-electron chi connectivity index (χ3n) is 5.86. The number of benzene rings is 2. The summed E-state index contributed by atoms with van der Waals surface area (Å²) in [5.74, 6) is -0.138. The number of carbonyl (C=O) groups excluding carboxylic acids is 2. The zero-order valence-electron chi connectivity index (χ0n) is 17.9. The standard InChI is InChI=1S/C25H31ClN2O2/c1-3-23(25(30)27-21-9-5-6-10-21)28(17-19-14-12-18(2)13-15-19)24(29)16-20-8-4-7-11-22(20)26/h4,7-8,11-15,21,23H,3,5-6,9-10,16-17H2,1-2H3,(H,27,30)/t23-/m0/s1. The molecule has 2 aromatic carbocycles. The number of nitrogens with zero attached hydrogens (tertiary/aromatic N) is 1. The molecule has 1 aliphatic carbocycles. The van der Waals surface area contributed by atoms with Gasteiger partial charge in [-0.25, -0.2) is 0 Å². The van der Waals surface area contributed by atoms with Crippen molar-refractivity contribution in [2.45, 2.75) is 71.0 Å².